The zero-order valence-corrected chi connectivity index (χ0v) is 12.9. The van der Waals surface area contributed by atoms with Crippen molar-refractivity contribution in [2.24, 2.45) is 0 Å². The summed E-state index contributed by atoms with van der Waals surface area (Å²) in [7, 11) is 0. The van der Waals surface area contributed by atoms with E-state index in [2.05, 4.69) is 30.6 Å². The number of piperazine rings is 1. The van der Waals surface area contributed by atoms with E-state index in [1.165, 1.54) is 6.07 Å². The Morgan fingerprint density at radius 1 is 1.15 bits per heavy atom. The number of benzene rings is 1. The number of anilines is 1. The van der Waals surface area contributed by atoms with Crippen LogP contribution in [0.25, 0.3) is 0 Å². The molecule has 4 heteroatoms. The van der Waals surface area contributed by atoms with Crippen LogP contribution in [0.15, 0.2) is 18.2 Å². The molecule has 1 N–H and O–H groups in total. The maximum absolute atomic E-state index is 14.2. The van der Waals surface area contributed by atoms with Crippen molar-refractivity contribution in [3.05, 3.63) is 29.6 Å². The van der Waals surface area contributed by atoms with Crippen molar-refractivity contribution in [1.29, 1.82) is 0 Å². The summed E-state index contributed by atoms with van der Waals surface area (Å²) >= 11 is 0. The van der Waals surface area contributed by atoms with Gasteiger partial charge in [0.1, 0.15) is 5.82 Å². The number of aliphatic hydroxyl groups excluding tert-OH is 1. The number of nitrogens with zero attached hydrogens (tertiary/aromatic N) is 2. The van der Waals surface area contributed by atoms with Gasteiger partial charge in [0.05, 0.1) is 11.8 Å². The maximum Gasteiger partial charge on any atom is 0.146 e. The van der Waals surface area contributed by atoms with Gasteiger partial charge in [-0.3, -0.25) is 4.90 Å². The van der Waals surface area contributed by atoms with Crippen LogP contribution in [0.5, 0.6) is 0 Å². The number of rotatable bonds is 2. The lowest BCUT2D eigenvalue weighted by Crippen LogP contribution is -2.53. The molecular weight excluding hydrogens is 255 g/mol. The summed E-state index contributed by atoms with van der Waals surface area (Å²) in [5.41, 5.74) is 1.43. The molecule has 1 aliphatic rings. The normalized spacial score (nSPS) is 19.2. The van der Waals surface area contributed by atoms with Gasteiger partial charge in [0.25, 0.3) is 0 Å². The van der Waals surface area contributed by atoms with Gasteiger partial charge in [-0.25, -0.2) is 4.39 Å². The molecule has 3 nitrogen and oxygen atoms in total. The summed E-state index contributed by atoms with van der Waals surface area (Å²) in [5.74, 6) is -0.243. The van der Waals surface area contributed by atoms with Crippen molar-refractivity contribution in [2.75, 3.05) is 31.1 Å². The second kappa shape index (κ2) is 5.70. The summed E-state index contributed by atoms with van der Waals surface area (Å²) in [6, 6.07) is 5.03. The molecule has 0 unspecified atom stereocenters. The van der Waals surface area contributed by atoms with Gasteiger partial charge in [0.15, 0.2) is 0 Å². The van der Waals surface area contributed by atoms with Crippen molar-refractivity contribution < 1.29 is 9.50 Å². The van der Waals surface area contributed by atoms with Gasteiger partial charge >= 0.3 is 0 Å². The van der Waals surface area contributed by atoms with E-state index in [0.717, 1.165) is 26.2 Å². The SMILES string of the molecule is C[C@@H](O)c1ccc(N2CCN(C(C)(C)C)CC2)c(F)c1. The van der Waals surface area contributed by atoms with Crippen molar-refractivity contribution in [3.63, 3.8) is 0 Å². The fourth-order valence-corrected chi connectivity index (χ4v) is 2.66. The van der Waals surface area contributed by atoms with Crippen LogP contribution < -0.4 is 4.90 Å². The Balaban J connectivity index is 2.07. The highest BCUT2D eigenvalue weighted by Crippen LogP contribution is 2.25. The third-order valence-electron chi connectivity index (χ3n) is 4.02. The van der Waals surface area contributed by atoms with Gasteiger partial charge in [0.2, 0.25) is 0 Å². The molecule has 20 heavy (non-hydrogen) atoms. The van der Waals surface area contributed by atoms with Crippen LogP contribution >= 0.6 is 0 Å². The van der Waals surface area contributed by atoms with E-state index in [-0.39, 0.29) is 11.4 Å². The summed E-state index contributed by atoms with van der Waals surface area (Å²) in [4.78, 5) is 4.51. The Morgan fingerprint density at radius 2 is 1.75 bits per heavy atom. The zero-order chi connectivity index (χ0) is 14.9. The van der Waals surface area contributed by atoms with E-state index >= 15 is 0 Å². The van der Waals surface area contributed by atoms with Crippen LogP contribution in [0.2, 0.25) is 0 Å². The second-order valence-corrected chi connectivity index (χ2v) is 6.53. The van der Waals surface area contributed by atoms with Crippen LogP contribution in [-0.4, -0.2) is 41.7 Å². The highest BCUT2D eigenvalue weighted by molar-refractivity contribution is 5.50. The first kappa shape index (κ1) is 15.3. The number of hydrogen-bond acceptors (Lipinski definition) is 3. The third kappa shape index (κ3) is 3.30. The van der Waals surface area contributed by atoms with Gasteiger partial charge in [-0.2, -0.15) is 0 Å². The van der Waals surface area contributed by atoms with E-state index in [1.54, 1.807) is 19.1 Å². The summed E-state index contributed by atoms with van der Waals surface area (Å²) in [6.45, 7) is 11.8. The van der Waals surface area contributed by atoms with E-state index in [4.69, 9.17) is 0 Å². The Bertz CT molecular complexity index is 460. The number of halogens is 1. The average Bonchev–Trinajstić information content (AvgIpc) is 2.37. The third-order valence-corrected chi connectivity index (χ3v) is 4.02. The fraction of sp³-hybridized carbons (Fsp3) is 0.625. The molecule has 0 aromatic heterocycles. The Hall–Kier alpha value is -1.13. The molecule has 0 aliphatic carbocycles. The van der Waals surface area contributed by atoms with E-state index in [1.807, 2.05) is 0 Å². The first-order valence-electron chi connectivity index (χ1n) is 7.26. The quantitative estimate of drug-likeness (QED) is 0.902. The summed E-state index contributed by atoms with van der Waals surface area (Å²) in [6.07, 6.45) is -0.628. The van der Waals surface area contributed by atoms with Crippen LogP contribution in [0.4, 0.5) is 10.1 Å². The van der Waals surface area contributed by atoms with Gasteiger partial charge < -0.3 is 10.0 Å². The first-order chi connectivity index (χ1) is 9.29. The molecule has 1 aromatic carbocycles. The van der Waals surface area contributed by atoms with E-state index in [9.17, 15) is 9.50 Å². The fourth-order valence-electron chi connectivity index (χ4n) is 2.66. The monoisotopic (exact) mass is 280 g/mol. The molecule has 1 heterocycles. The Morgan fingerprint density at radius 3 is 2.20 bits per heavy atom. The molecule has 2 rings (SSSR count). The molecule has 1 atom stereocenters. The smallest absolute Gasteiger partial charge is 0.146 e. The van der Waals surface area contributed by atoms with Crippen molar-refractivity contribution >= 4 is 5.69 Å². The Kier molecular flexibility index (Phi) is 4.35. The standard InChI is InChI=1S/C16H25FN2O/c1-12(20)13-5-6-15(14(17)11-13)18-7-9-19(10-8-18)16(2,3)4/h5-6,11-12,20H,7-10H2,1-4H3/t12-/m1/s1. The predicted molar refractivity (Wildman–Crippen MR) is 80.6 cm³/mol. The predicted octanol–water partition coefficient (Wildman–Crippen LogP) is 2.80. The largest absolute Gasteiger partial charge is 0.389 e. The number of hydrogen-bond donors (Lipinski definition) is 1. The lowest BCUT2D eigenvalue weighted by molar-refractivity contribution is 0.128. The zero-order valence-electron chi connectivity index (χ0n) is 12.9. The molecule has 0 bridgehead atoms. The molecule has 112 valence electrons. The number of aliphatic hydroxyl groups is 1. The molecule has 1 fully saturated rings. The molecule has 0 spiro atoms. The Labute approximate surface area is 121 Å². The van der Waals surface area contributed by atoms with Gasteiger partial charge in [-0.1, -0.05) is 6.07 Å². The molecule has 0 amide bonds. The minimum Gasteiger partial charge on any atom is -0.389 e. The average molecular weight is 280 g/mol. The highest BCUT2D eigenvalue weighted by Gasteiger charge is 2.26. The molecule has 1 aliphatic heterocycles. The minimum absolute atomic E-state index is 0.167. The molecule has 0 saturated carbocycles. The van der Waals surface area contributed by atoms with Crippen molar-refractivity contribution in [2.45, 2.75) is 39.3 Å². The van der Waals surface area contributed by atoms with E-state index in [0.29, 0.717) is 11.3 Å². The molecule has 1 aromatic rings. The van der Waals surface area contributed by atoms with Crippen LogP contribution in [0.1, 0.15) is 39.4 Å². The summed E-state index contributed by atoms with van der Waals surface area (Å²) in [5, 5.41) is 9.49. The van der Waals surface area contributed by atoms with Crippen LogP contribution in [0.3, 0.4) is 0 Å². The molecular formula is C16H25FN2O. The second-order valence-electron chi connectivity index (χ2n) is 6.53. The lowest BCUT2D eigenvalue weighted by Gasteiger charge is -2.43. The van der Waals surface area contributed by atoms with E-state index < -0.39 is 6.10 Å². The highest BCUT2D eigenvalue weighted by atomic mass is 19.1. The van der Waals surface area contributed by atoms with Gasteiger partial charge in [-0.05, 0) is 45.4 Å². The maximum atomic E-state index is 14.2. The van der Waals surface area contributed by atoms with Crippen molar-refractivity contribution in [1.82, 2.24) is 4.90 Å². The van der Waals surface area contributed by atoms with Crippen LogP contribution in [0, 0.1) is 5.82 Å². The van der Waals surface area contributed by atoms with Crippen LogP contribution in [-0.2, 0) is 0 Å². The molecule has 0 radical (unpaired) electrons. The topological polar surface area (TPSA) is 26.7 Å². The van der Waals surface area contributed by atoms with Gasteiger partial charge in [0, 0.05) is 31.7 Å². The van der Waals surface area contributed by atoms with Gasteiger partial charge in [-0.15, -0.1) is 0 Å². The summed E-state index contributed by atoms with van der Waals surface area (Å²) < 4.78 is 14.2. The molecule has 1 saturated heterocycles. The first-order valence-corrected chi connectivity index (χ1v) is 7.26. The lowest BCUT2D eigenvalue weighted by atomic mass is 10.0. The van der Waals surface area contributed by atoms with Crippen molar-refractivity contribution in [3.8, 4) is 0 Å². The minimum atomic E-state index is -0.628.